The highest BCUT2D eigenvalue weighted by Crippen LogP contribution is 1.99. The first kappa shape index (κ1) is 8.14. The third-order valence-electron chi connectivity index (χ3n) is 0.829. The van der Waals surface area contributed by atoms with E-state index in [9.17, 15) is 4.79 Å². The molecule has 0 radical (unpaired) electrons. The van der Waals surface area contributed by atoms with Crippen molar-refractivity contribution in [1.82, 2.24) is 0 Å². The molecule has 0 aliphatic rings. The maximum absolute atomic E-state index is 9.97. The van der Waals surface area contributed by atoms with E-state index in [-0.39, 0.29) is 5.92 Å². The van der Waals surface area contributed by atoms with E-state index in [4.69, 9.17) is 0 Å². The summed E-state index contributed by atoms with van der Waals surface area (Å²) in [5.74, 6) is 0.181. The van der Waals surface area contributed by atoms with Crippen molar-refractivity contribution < 1.29 is 4.79 Å². The van der Waals surface area contributed by atoms with E-state index >= 15 is 0 Å². The van der Waals surface area contributed by atoms with E-state index in [1.54, 1.807) is 0 Å². The minimum absolute atomic E-state index is 0.181. The second kappa shape index (κ2) is 5.28. The summed E-state index contributed by atoms with van der Waals surface area (Å²) in [6.45, 7) is 1.91. The van der Waals surface area contributed by atoms with Crippen molar-refractivity contribution in [3.8, 4) is 0 Å². The summed E-state index contributed by atoms with van der Waals surface area (Å²) in [5.41, 5.74) is 0. The van der Waals surface area contributed by atoms with Crippen LogP contribution in [0.2, 0.25) is 0 Å². The summed E-state index contributed by atoms with van der Waals surface area (Å²) in [7, 11) is 0. The normalized spacial score (nSPS) is 14.2. The highest BCUT2D eigenvalue weighted by molar-refractivity contribution is 14.1. The Hall–Kier alpha value is 0.140. The lowest BCUT2D eigenvalue weighted by atomic mass is 10.1. The van der Waals surface area contributed by atoms with Crippen molar-refractivity contribution in [3.63, 3.8) is 0 Å². The molecule has 0 heterocycles. The molecule has 0 aromatic heterocycles. The quantitative estimate of drug-likeness (QED) is 0.530. The second-order valence-electron chi connectivity index (χ2n) is 1.71. The molecular weight excluding hydrogens is 215 g/mol. The fraction of sp³-hybridized carbons (Fsp3) is 0.500. The summed E-state index contributed by atoms with van der Waals surface area (Å²) < 4.78 is 1.93. The summed E-state index contributed by atoms with van der Waals surface area (Å²) in [4.78, 5) is 9.97. The molecule has 2 heteroatoms. The lowest BCUT2D eigenvalue weighted by Gasteiger charge is -1.92. The molecule has 0 saturated carbocycles. The molecule has 0 rings (SSSR count). The number of aldehydes is 1. The molecule has 0 saturated heterocycles. The van der Waals surface area contributed by atoms with E-state index in [0.717, 1.165) is 12.7 Å². The smallest absolute Gasteiger partial charge is 0.123 e. The molecule has 0 fully saturated rings. The maximum Gasteiger partial charge on any atom is 0.123 e. The Kier molecular flexibility index (Phi) is 5.37. The zero-order valence-electron chi connectivity index (χ0n) is 4.80. The van der Waals surface area contributed by atoms with Crippen LogP contribution in [-0.4, -0.2) is 6.29 Å². The van der Waals surface area contributed by atoms with Crippen LogP contribution in [0.15, 0.2) is 10.2 Å². The number of hydrogen-bond donors (Lipinski definition) is 0. The highest BCUT2D eigenvalue weighted by Gasteiger charge is 1.92. The van der Waals surface area contributed by atoms with Crippen LogP contribution in [-0.2, 0) is 4.79 Å². The van der Waals surface area contributed by atoms with Gasteiger partial charge in [-0.1, -0.05) is 35.6 Å². The van der Waals surface area contributed by atoms with Gasteiger partial charge in [0.05, 0.1) is 0 Å². The molecule has 8 heavy (non-hydrogen) atoms. The topological polar surface area (TPSA) is 17.1 Å². The Morgan fingerprint density at radius 3 is 2.75 bits per heavy atom. The van der Waals surface area contributed by atoms with Gasteiger partial charge in [-0.2, -0.15) is 0 Å². The van der Waals surface area contributed by atoms with Crippen LogP contribution < -0.4 is 0 Å². The lowest BCUT2D eigenvalue weighted by molar-refractivity contribution is -0.110. The zero-order chi connectivity index (χ0) is 6.41. The average molecular weight is 224 g/mol. The Labute approximate surface area is 63.3 Å². The molecule has 0 bridgehead atoms. The minimum atomic E-state index is 0.181. The van der Waals surface area contributed by atoms with Gasteiger partial charge in [-0.05, 0) is 10.5 Å². The summed E-state index contributed by atoms with van der Waals surface area (Å²) in [6.07, 6.45) is 3.82. The molecule has 0 aliphatic heterocycles. The minimum Gasteiger partial charge on any atom is -0.303 e. The van der Waals surface area contributed by atoms with Gasteiger partial charge >= 0.3 is 0 Å². The largest absolute Gasteiger partial charge is 0.303 e. The Morgan fingerprint density at radius 1 is 1.75 bits per heavy atom. The molecule has 0 spiro atoms. The number of hydrogen-bond acceptors (Lipinski definition) is 1. The second-order valence-corrected chi connectivity index (χ2v) is 2.43. The Bertz CT molecular complexity index is 88.5. The number of allylic oxidation sites excluding steroid dienone is 1. The molecule has 0 N–H and O–H groups in total. The highest BCUT2D eigenvalue weighted by atomic mass is 127. The standard InChI is InChI=1S/C6H9IO/c1-6(5-8)3-2-4-7/h2,4-6H,3H2,1H3/b4-2+/t6-/m1/s1. The number of rotatable bonds is 3. The van der Waals surface area contributed by atoms with E-state index in [1.165, 1.54) is 0 Å². The van der Waals surface area contributed by atoms with Gasteiger partial charge in [-0.15, -0.1) is 0 Å². The molecule has 46 valence electrons. The Balaban J connectivity index is 3.23. The third-order valence-corrected chi connectivity index (χ3v) is 1.34. The van der Waals surface area contributed by atoms with Gasteiger partial charge in [-0.3, -0.25) is 0 Å². The van der Waals surface area contributed by atoms with Crippen LogP contribution in [0.5, 0.6) is 0 Å². The van der Waals surface area contributed by atoms with Crippen molar-refractivity contribution in [2.45, 2.75) is 13.3 Å². The molecule has 0 aromatic carbocycles. The van der Waals surface area contributed by atoms with Crippen LogP contribution >= 0.6 is 22.6 Å². The molecule has 0 unspecified atom stereocenters. The van der Waals surface area contributed by atoms with Gasteiger partial charge in [0.2, 0.25) is 0 Å². The SMILES string of the molecule is C[C@@H](C=O)C/C=C/I. The molecule has 0 aromatic rings. The van der Waals surface area contributed by atoms with Crippen molar-refractivity contribution in [2.24, 2.45) is 5.92 Å². The fourth-order valence-electron chi connectivity index (χ4n) is 0.322. The number of carbonyl (C=O) groups excluding carboxylic acids is 1. The first-order chi connectivity index (χ1) is 3.81. The first-order valence-electron chi connectivity index (χ1n) is 2.51. The van der Waals surface area contributed by atoms with Crippen LogP contribution in [0.1, 0.15) is 13.3 Å². The summed E-state index contributed by atoms with van der Waals surface area (Å²) in [5, 5.41) is 0. The Morgan fingerprint density at radius 2 is 2.38 bits per heavy atom. The van der Waals surface area contributed by atoms with Gasteiger partial charge in [0, 0.05) is 5.92 Å². The van der Waals surface area contributed by atoms with Gasteiger partial charge < -0.3 is 4.79 Å². The molecule has 0 amide bonds. The van der Waals surface area contributed by atoms with Gasteiger partial charge in [0.15, 0.2) is 0 Å². The molecule has 1 nitrogen and oxygen atoms in total. The van der Waals surface area contributed by atoms with E-state index in [0.29, 0.717) is 0 Å². The van der Waals surface area contributed by atoms with E-state index in [1.807, 2.05) is 17.1 Å². The zero-order valence-corrected chi connectivity index (χ0v) is 6.96. The van der Waals surface area contributed by atoms with Crippen molar-refractivity contribution in [2.75, 3.05) is 0 Å². The predicted molar refractivity (Wildman–Crippen MR) is 43.0 cm³/mol. The summed E-state index contributed by atoms with van der Waals surface area (Å²) in [6, 6.07) is 0. The van der Waals surface area contributed by atoms with Gasteiger partial charge in [0.1, 0.15) is 6.29 Å². The predicted octanol–water partition coefficient (Wildman–Crippen LogP) is 2.16. The van der Waals surface area contributed by atoms with Crippen LogP contribution in [0.25, 0.3) is 0 Å². The van der Waals surface area contributed by atoms with Crippen LogP contribution in [0.4, 0.5) is 0 Å². The van der Waals surface area contributed by atoms with Crippen molar-refractivity contribution >= 4 is 28.9 Å². The lowest BCUT2D eigenvalue weighted by Crippen LogP contribution is -1.91. The summed E-state index contributed by atoms with van der Waals surface area (Å²) >= 11 is 2.14. The first-order valence-corrected chi connectivity index (χ1v) is 3.76. The maximum atomic E-state index is 9.97. The van der Waals surface area contributed by atoms with Crippen molar-refractivity contribution in [1.29, 1.82) is 0 Å². The number of carbonyl (C=O) groups is 1. The molecular formula is C6H9IO. The van der Waals surface area contributed by atoms with Crippen LogP contribution in [0, 0.1) is 5.92 Å². The molecule has 0 aliphatic carbocycles. The van der Waals surface area contributed by atoms with E-state index < -0.39 is 0 Å². The van der Waals surface area contributed by atoms with Gasteiger partial charge in [-0.25, -0.2) is 0 Å². The fourth-order valence-corrected chi connectivity index (χ4v) is 0.615. The van der Waals surface area contributed by atoms with Crippen molar-refractivity contribution in [3.05, 3.63) is 10.2 Å². The molecule has 1 atom stereocenters. The average Bonchev–Trinajstić information content (AvgIpc) is 1.83. The van der Waals surface area contributed by atoms with Gasteiger partial charge in [0.25, 0.3) is 0 Å². The third kappa shape index (κ3) is 4.30. The van der Waals surface area contributed by atoms with E-state index in [2.05, 4.69) is 22.6 Å². The monoisotopic (exact) mass is 224 g/mol. The number of halogens is 1. The van der Waals surface area contributed by atoms with Crippen LogP contribution in [0.3, 0.4) is 0 Å².